The Morgan fingerprint density at radius 1 is 1.10 bits per heavy atom. The van der Waals surface area contributed by atoms with E-state index in [0.717, 1.165) is 0 Å². The summed E-state index contributed by atoms with van der Waals surface area (Å²) in [6, 6.07) is 6.37. The molecule has 1 aromatic rings. The molecule has 3 N–H and O–H groups in total. The first kappa shape index (κ1) is 16.8. The second-order valence-electron chi connectivity index (χ2n) is 4.47. The van der Waals surface area contributed by atoms with Crippen LogP contribution in [0.15, 0.2) is 24.3 Å². The molecule has 0 heterocycles. The highest BCUT2D eigenvalue weighted by Crippen LogP contribution is 2.21. The number of sulfonamides is 1. The molecule has 8 heteroatoms. The molecule has 1 aromatic carbocycles. The highest BCUT2D eigenvalue weighted by Gasteiger charge is 2.25. The van der Waals surface area contributed by atoms with Crippen LogP contribution in [0, 0.1) is 0 Å². The maximum atomic E-state index is 11.9. The predicted molar refractivity (Wildman–Crippen MR) is 71.4 cm³/mol. The number of rotatable bonds is 7. The van der Waals surface area contributed by atoms with Gasteiger partial charge in [0.2, 0.25) is 10.0 Å². The van der Waals surface area contributed by atoms with Crippen LogP contribution in [0.1, 0.15) is 24.8 Å². The highest BCUT2D eigenvalue weighted by atomic mass is 32.2. The van der Waals surface area contributed by atoms with Gasteiger partial charge in [0.1, 0.15) is 0 Å². The van der Waals surface area contributed by atoms with Gasteiger partial charge in [0.25, 0.3) is 0 Å². The fourth-order valence-electron chi connectivity index (χ4n) is 1.56. The van der Waals surface area contributed by atoms with Crippen molar-refractivity contribution in [3.8, 4) is 0 Å². The van der Waals surface area contributed by atoms with Crippen LogP contribution in [0.3, 0.4) is 0 Å². The minimum atomic E-state index is -4.19. The zero-order chi connectivity index (χ0) is 15.2. The Hall–Kier alpha value is -1.28. The molecule has 0 saturated carbocycles. The van der Waals surface area contributed by atoms with Crippen LogP contribution in [0.25, 0.3) is 0 Å². The molecule has 20 heavy (non-hydrogen) atoms. The maximum Gasteiger partial charge on any atom is 0.389 e. The van der Waals surface area contributed by atoms with Gasteiger partial charge >= 0.3 is 6.18 Å². The number of alkyl halides is 3. The first-order valence-electron chi connectivity index (χ1n) is 6.06. The summed E-state index contributed by atoms with van der Waals surface area (Å²) < 4.78 is 61.3. The molecule has 0 bridgehead atoms. The fraction of sp³-hybridized carbons (Fsp3) is 0.500. The van der Waals surface area contributed by atoms with Gasteiger partial charge in [-0.1, -0.05) is 12.1 Å². The van der Waals surface area contributed by atoms with Crippen molar-refractivity contribution in [1.82, 2.24) is 4.72 Å². The minimum Gasteiger partial charge on any atom is -0.399 e. The van der Waals surface area contributed by atoms with Crippen LogP contribution in [0.4, 0.5) is 18.9 Å². The quantitative estimate of drug-likeness (QED) is 0.600. The molecule has 114 valence electrons. The first-order chi connectivity index (χ1) is 9.18. The molecule has 0 amide bonds. The van der Waals surface area contributed by atoms with Crippen molar-refractivity contribution in [1.29, 1.82) is 0 Å². The van der Waals surface area contributed by atoms with Crippen molar-refractivity contribution in [2.24, 2.45) is 0 Å². The van der Waals surface area contributed by atoms with E-state index in [1.54, 1.807) is 24.3 Å². The lowest BCUT2D eigenvalue weighted by Crippen LogP contribution is -2.26. The van der Waals surface area contributed by atoms with Gasteiger partial charge in [-0.2, -0.15) is 13.2 Å². The lowest BCUT2D eigenvalue weighted by atomic mass is 10.2. The van der Waals surface area contributed by atoms with Crippen LogP contribution in [-0.4, -0.2) is 21.1 Å². The Bertz CT molecular complexity index is 512. The molecule has 0 radical (unpaired) electrons. The third-order valence-corrected chi connectivity index (χ3v) is 3.90. The summed E-state index contributed by atoms with van der Waals surface area (Å²) >= 11 is 0. The van der Waals surface area contributed by atoms with E-state index >= 15 is 0 Å². The third-order valence-electron chi connectivity index (χ3n) is 2.55. The Kier molecular flexibility index (Phi) is 5.82. The summed E-state index contributed by atoms with van der Waals surface area (Å²) in [7, 11) is -3.54. The van der Waals surface area contributed by atoms with E-state index in [2.05, 4.69) is 4.72 Å². The highest BCUT2D eigenvalue weighted by molar-refractivity contribution is 7.88. The average molecular weight is 310 g/mol. The summed E-state index contributed by atoms with van der Waals surface area (Å²) in [5.41, 5.74) is 6.59. The predicted octanol–water partition coefficient (Wildman–Crippen LogP) is 2.42. The van der Waals surface area contributed by atoms with Crippen molar-refractivity contribution in [2.45, 2.75) is 31.2 Å². The molecule has 1 rings (SSSR count). The zero-order valence-electron chi connectivity index (χ0n) is 10.8. The van der Waals surface area contributed by atoms with Crippen LogP contribution >= 0.6 is 0 Å². The van der Waals surface area contributed by atoms with Crippen LogP contribution in [0.5, 0.6) is 0 Å². The SMILES string of the molecule is Nc1ccc(CS(=O)(=O)NCCCCC(F)(F)F)cc1. The van der Waals surface area contributed by atoms with Crippen molar-refractivity contribution in [3.05, 3.63) is 29.8 Å². The molecule has 0 aliphatic rings. The molecule has 0 saturated heterocycles. The van der Waals surface area contributed by atoms with Crippen molar-refractivity contribution in [2.75, 3.05) is 12.3 Å². The molecule has 0 unspecified atom stereocenters. The number of benzene rings is 1. The van der Waals surface area contributed by atoms with Crippen LogP contribution in [0.2, 0.25) is 0 Å². The summed E-state index contributed by atoms with van der Waals surface area (Å²) in [4.78, 5) is 0. The molecular formula is C12H17F3N2O2S. The van der Waals surface area contributed by atoms with Gasteiger partial charge in [0.05, 0.1) is 5.75 Å². The van der Waals surface area contributed by atoms with Gasteiger partial charge < -0.3 is 5.73 Å². The smallest absolute Gasteiger partial charge is 0.389 e. The summed E-state index contributed by atoms with van der Waals surface area (Å²) in [5.74, 6) is -0.216. The average Bonchev–Trinajstić information content (AvgIpc) is 2.30. The molecule has 0 aromatic heterocycles. The largest absolute Gasteiger partial charge is 0.399 e. The first-order valence-corrected chi connectivity index (χ1v) is 7.72. The Balaban J connectivity index is 2.33. The summed E-state index contributed by atoms with van der Waals surface area (Å²) in [6.45, 7) is 0.00733. The second kappa shape index (κ2) is 6.94. The number of nitrogens with one attached hydrogen (secondary N) is 1. The van der Waals surface area contributed by atoms with Gasteiger partial charge in [-0.3, -0.25) is 0 Å². The van der Waals surface area contributed by atoms with E-state index in [1.165, 1.54) is 0 Å². The second-order valence-corrected chi connectivity index (χ2v) is 6.27. The van der Waals surface area contributed by atoms with E-state index in [1.807, 2.05) is 0 Å². The van der Waals surface area contributed by atoms with Crippen LogP contribution in [-0.2, 0) is 15.8 Å². The van der Waals surface area contributed by atoms with Crippen molar-refractivity contribution >= 4 is 15.7 Å². The molecule has 0 spiro atoms. The number of nitrogens with two attached hydrogens (primary N) is 1. The van der Waals surface area contributed by atoms with E-state index in [-0.39, 0.29) is 25.1 Å². The van der Waals surface area contributed by atoms with E-state index in [9.17, 15) is 21.6 Å². The number of hydrogen-bond acceptors (Lipinski definition) is 3. The van der Waals surface area contributed by atoms with Gasteiger partial charge in [-0.05, 0) is 30.5 Å². The van der Waals surface area contributed by atoms with E-state index in [4.69, 9.17) is 5.73 Å². The normalized spacial score (nSPS) is 12.6. The number of unbranched alkanes of at least 4 members (excludes halogenated alkanes) is 1. The summed E-state index contributed by atoms with van der Waals surface area (Å²) in [6.07, 6.45) is -5.02. The molecule has 0 atom stereocenters. The minimum absolute atomic E-state index is 0.00733. The molecule has 0 fully saturated rings. The maximum absolute atomic E-state index is 11.9. The van der Waals surface area contributed by atoms with Gasteiger partial charge in [0.15, 0.2) is 0 Å². The molecule has 4 nitrogen and oxygen atoms in total. The Labute approximate surface area is 116 Å². The Morgan fingerprint density at radius 2 is 1.70 bits per heavy atom. The number of nitrogen functional groups attached to an aromatic ring is 1. The lowest BCUT2D eigenvalue weighted by molar-refractivity contribution is -0.135. The van der Waals surface area contributed by atoms with Crippen LogP contribution < -0.4 is 10.5 Å². The lowest BCUT2D eigenvalue weighted by Gasteiger charge is -2.08. The van der Waals surface area contributed by atoms with Gasteiger partial charge in [0, 0.05) is 18.7 Å². The zero-order valence-corrected chi connectivity index (χ0v) is 11.6. The third kappa shape index (κ3) is 7.34. The van der Waals surface area contributed by atoms with Gasteiger partial charge in [-0.25, -0.2) is 13.1 Å². The standard InChI is InChI=1S/C12H17F3N2O2S/c13-12(14,15)7-1-2-8-17-20(18,19)9-10-3-5-11(16)6-4-10/h3-6,17H,1-2,7-9,16H2. The van der Waals surface area contributed by atoms with Crippen molar-refractivity contribution < 1.29 is 21.6 Å². The summed E-state index contributed by atoms with van der Waals surface area (Å²) in [5, 5.41) is 0. The topological polar surface area (TPSA) is 72.2 Å². The number of halogens is 3. The fourth-order valence-corrected chi connectivity index (χ4v) is 2.75. The van der Waals surface area contributed by atoms with Crippen molar-refractivity contribution in [3.63, 3.8) is 0 Å². The molecule has 0 aliphatic heterocycles. The van der Waals surface area contributed by atoms with E-state index < -0.39 is 22.6 Å². The van der Waals surface area contributed by atoms with Gasteiger partial charge in [-0.15, -0.1) is 0 Å². The molecule has 0 aliphatic carbocycles. The van der Waals surface area contributed by atoms with E-state index in [0.29, 0.717) is 11.3 Å². The number of anilines is 1. The molecular weight excluding hydrogens is 293 g/mol. The monoisotopic (exact) mass is 310 g/mol. The number of hydrogen-bond donors (Lipinski definition) is 2. The Morgan fingerprint density at radius 3 is 2.25 bits per heavy atom.